The number of nitrogens with zero attached hydrogens (tertiary/aromatic N) is 2. The number of aromatic nitrogens is 2. The lowest BCUT2D eigenvalue weighted by Crippen LogP contribution is -2.12. The first-order chi connectivity index (χ1) is 9.79. The van der Waals surface area contributed by atoms with Gasteiger partial charge in [-0.15, -0.1) is 0 Å². The van der Waals surface area contributed by atoms with Gasteiger partial charge in [0.05, 0.1) is 0 Å². The van der Waals surface area contributed by atoms with Gasteiger partial charge in [-0.1, -0.05) is 15.9 Å². The van der Waals surface area contributed by atoms with E-state index in [-0.39, 0.29) is 11.8 Å². The van der Waals surface area contributed by atoms with Crippen molar-refractivity contribution in [1.29, 1.82) is 0 Å². The molecule has 0 bridgehead atoms. The van der Waals surface area contributed by atoms with E-state index in [0.29, 0.717) is 5.69 Å². The standard InChI is InChI=1S/C13H12BrF3N4/c1-7-5-8(3-4-9(7)14)19-11-6-10(13(15,16)17)20-12(18-2)21-11/h3-6H,1-2H3,(H2,18,19,20,21). The quantitative estimate of drug-likeness (QED) is 0.854. The summed E-state index contributed by atoms with van der Waals surface area (Å²) in [5.74, 6) is -0.0236. The minimum atomic E-state index is -4.53. The Bertz CT molecular complexity index is 658. The Morgan fingerprint density at radius 1 is 1.14 bits per heavy atom. The number of anilines is 3. The van der Waals surface area contributed by atoms with Crippen molar-refractivity contribution >= 4 is 33.4 Å². The lowest BCUT2D eigenvalue weighted by molar-refractivity contribution is -0.141. The van der Waals surface area contributed by atoms with Crippen LogP contribution in [0.4, 0.5) is 30.6 Å². The molecule has 21 heavy (non-hydrogen) atoms. The van der Waals surface area contributed by atoms with Crippen LogP contribution in [0.1, 0.15) is 11.3 Å². The maximum absolute atomic E-state index is 12.8. The van der Waals surface area contributed by atoms with Crippen LogP contribution in [0.15, 0.2) is 28.7 Å². The molecule has 0 unspecified atom stereocenters. The van der Waals surface area contributed by atoms with Crippen LogP contribution in [-0.4, -0.2) is 17.0 Å². The number of hydrogen-bond donors (Lipinski definition) is 2. The molecule has 2 N–H and O–H groups in total. The maximum atomic E-state index is 12.8. The number of halogens is 4. The molecule has 0 aliphatic carbocycles. The molecule has 0 spiro atoms. The second kappa shape index (κ2) is 5.88. The summed E-state index contributed by atoms with van der Waals surface area (Å²) in [6.07, 6.45) is -4.53. The Morgan fingerprint density at radius 3 is 2.43 bits per heavy atom. The second-order valence-electron chi connectivity index (χ2n) is 4.30. The molecule has 0 amide bonds. The molecule has 1 aromatic heterocycles. The molecule has 2 rings (SSSR count). The highest BCUT2D eigenvalue weighted by Gasteiger charge is 2.33. The molecule has 0 aliphatic rings. The molecule has 0 radical (unpaired) electrons. The Labute approximate surface area is 127 Å². The Hall–Kier alpha value is -1.83. The number of alkyl halides is 3. The first-order valence-corrected chi connectivity index (χ1v) is 6.76. The molecule has 1 aromatic carbocycles. The number of aryl methyl sites for hydroxylation is 1. The van der Waals surface area contributed by atoms with E-state index in [1.165, 1.54) is 7.05 Å². The third kappa shape index (κ3) is 3.84. The normalized spacial score (nSPS) is 11.3. The zero-order valence-corrected chi connectivity index (χ0v) is 12.8. The highest BCUT2D eigenvalue weighted by molar-refractivity contribution is 9.10. The lowest BCUT2D eigenvalue weighted by Gasteiger charge is -2.12. The summed E-state index contributed by atoms with van der Waals surface area (Å²) in [7, 11) is 1.46. The van der Waals surface area contributed by atoms with Gasteiger partial charge >= 0.3 is 6.18 Å². The minimum Gasteiger partial charge on any atom is -0.357 e. The van der Waals surface area contributed by atoms with Gasteiger partial charge in [0.25, 0.3) is 0 Å². The number of benzene rings is 1. The molecule has 4 nitrogen and oxygen atoms in total. The van der Waals surface area contributed by atoms with Crippen molar-refractivity contribution in [3.05, 3.63) is 40.0 Å². The molecule has 112 valence electrons. The monoisotopic (exact) mass is 360 g/mol. The zero-order valence-electron chi connectivity index (χ0n) is 11.2. The van der Waals surface area contributed by atoms with Crippen molar-refractivity contribution in [2.24, 2.45) is 0 Å². The van der Waals surface area contributed by atoms with Crippen molar-refractivity contribution in [2.75, 3.05) is 17.7 Å². The average Bonchev–Trinajstić information content (AvgIpc) is 2.41. The third-order valence-corrected chi connectivity index (χ3v) is 3.56. The Balaban J connectivity index is 2.36. The summed E-state index contributed by atoms with van der Waals surface area (Å²) in [6, 6.07) is 6.23. The van der Waals surface area contributed by atoms with E-state index in [2.05, 4.69) is 36.5 Å². The predicted molar refractivity (Wildman–Crippen MR) is 78.7 cm³/mol. The van der Waals surface area contributed by atoms with E-state index in [1.54, 1.807) is 12.1 Å². The van der Waals surface area contributed by atoms with E-state index in [9.17, 15) is 13.2 Å². The molecule has 0 aliphatic heterocycles. The average molecular weight is 361 g/mol. The fourth-order valence-electron chi connectivity index (χ4n) is 1.64. The topological polar surface area (TPSA) is 49.8 Å². The zero-order chi connectivity index (χ0) is 15.6. The number of nitrogens with one attached hydrogen (secondary N) is 2. The molecule has 0 fully saturated rings. The Morgan fingerprint density at radius 2 is 1.86 bits per heavy atom. The van der Waals surface area contributed by atoms with Crippen LogP contribution in [0.5, 0.6) is 0 Å². The molecule has 0 atom stereocenters. The maximum Gasteiger partial charge on any atom is 0.433 e. The molecule has 0 saturated carbocycles. The summed E-state index contributed by atoms with van der Waals surface area (Å²) in [5.41, 5.74) is 0.599. The summed E-state index contributed by atoms with van der Waals surface area (Å²) in [6.45, 7) is 1.88. The first kappa shape index (κ1) is 15.6. The van der Waals surface area contributed by atoms with Crippen LogP contribution in [0.25, 0.3) is 0 Å². The van der Waals surface area contributed by atoms with E-state index in [4.69, 9.17) is 0 Å². The second-order valence-corrected chi connectivity index (χ2v) is 5.15. The van der Waals surface area contributed by atoms with Crippen molar-refractivity contribution in [1.82, 2.24) is 9.97 Å². The molecular formula is C13H12BrF3N4. The van der Waals surface area contributed by atoms with Gasteiger partial charge in [0.1, 0.15) is 5.82 Å². The van der Waals surface area contributed by atoms with E-state index in [1.807, 2.05) is 13.0 Å². The fourth-order valence-corrected chi connectivity index (χ4v) is 1.89. The van der Waals surface area contributed by atoms with Gasteiger partial charge in [-0.05, 0) is 30.7 Å². The lowest BCUT2D eigenvalue weighted by atomic mass is 10.2. The number of rotatable bonds is 3. The summed E-state index contributed by atoms with van der Waals surface area (Å²) < 4.78 is 39.3. The molecule has 0 saturated heterocycles. The van der Waals surface area contributed by atoms with Crippen molar-refractivity contribution in [3.8, 4) is 0 Å². The van der Waals surface area contributed by atoms with Crippen LogP contribution in [-0.2, 0) is 6.18 Å². The van der Waals surface area contributed by atoms with Crippen molar-refractivity contribution in [2.45, 2.75) is 13.1 Å². The van der Waals surface area contributed by atoms with Crippen molar-refractivity contribution < 1.29 is 13.2 Å². The van der Waals surface area contributed by atoms with E-state index in [0.717, 1.165) is 16.1 Å². The van der Waals surface area contributed by atoms with Gasteiger partial charge < -0.3 is 10.6 Å². The SMILES string of the molecule is CNc1nc(Nc2ccc(Br)c(C)c2)cc(C(F)(F)F)n1. The summed E-state index contributed by atoms with van der Waals surface area (Å²) in [4.78, 5) is 7.37. The minimum absolute atomic E-state index is 0.0726. The van der Waals surface area contributed by atoms with Gasteiger partial charge in [-0.3, -0.25) is 0 Å². The summed E-state index contributed by atoms with van der Waals surface area (Å²) in [5, 5.41) is 5.36. The first-order valence-electron chi connectivity index (χ1n) is 5.97. The van der Waals surface area contributed by atoms with Crippen LogP contribution in [0.2, 0.25) is 0 Å². The van der Waals surface area contributed by atoms with Crippen molar-refractivity contribution in [3.63, 3.8) is 0 Å². The smallest absolute Gasteiger partial charge is 0.357 e. The Kier molecular flexibility index (Phi) is 4.36. The van der Waals surface area contributed by atoms with Crippen LogP contribution in [0.3, 0.4) is 0 Å². The third-order valence-electron chi connectivity index (χ3n) is 2.67. The highest BCUT2D eigenvalue weighted by atomic mass is 79.9. The molecular weight excluding hydrogens is 349 g/mol. The number of hydrogen-bond acceptors (Lipinski definition) is 4. The largest absolute Gasteiger partial charge is 0.433 e. The van der Waals surface area contributed by atoms with Crippen LogP contribution >= 0.6 is 15.9 Å². The predicted octanol–water partition coefficient (Wildman–Crippen LogP) is 4.35. The van der Waals surface area contributed by atoms with Gasteiger partial charge in [0, 0.05) is 23.3 Å². The highest BCUT2D eigenvalue weighted by Crippen LogP contribution is 2.30. The molecule has 8 heteroatoms. The molecule has 2 aromatic rings. The molecule has 1 heterocycles. The van der Waals surface area contributed by atoms with E-state index < -0.39 is 11.9 Å². The van der Waals surface area contributed by atoms with Gasteiger partial charge in [0.15, 0.2) is 5.69 Å². The van der Waals surface area contributed by atoms with Crippen LogP contribution < -0.4 is 10.6 Å². The van der Waals surface area contributed by atoms with Crippen LogP contribution in [0, 0.1) is 6.92 Å². The van der Waals surface area contributed by atoms with Gasteiger partial charge in [0.2, 0.25) is 5.95 Å². The van der Waals surface area contributed by atoms with Gasteiger partial charge in [-0.2, -0.15) is 18.2 Å². The fraction of sp³-hybridized carbons (Fsp3) is 0.231. The van der Waals surface area contributed by atoms with E-state index >= 15 is 0 Å². The van der Waals surface area contributed by atoms with Gasteiger partial charge in [-0.25, -0.2) is 4.98 Å². The summed E-state index contributed by atoms with van der Waals surface area (Å²) >= 11 is 3.36.